The maximum absolute atomic E-state index is 10.8. The number of thiazole rings is 1. The molecule has 4 nitrogen and oxygen atoms in total. The molecule has 1 aromatic rings. The van der Waals surface area contributed by atoms with Crippen molar-refractivity contribution in [2.24, 2.45) is 0 Å². The summed E-state index contributed by atoms with van der Waals surface area (Å²) in [5, 5.41) is 9.95. The maximum Gasteiger partial charge on any atom is 0.308 e. The second kappa shape index (κ2) is 6.68. The molecule has 0 aliphatic carbocycles. The quantitative estimate of drug-likeness (QED) is 0.908. The maximum atomic E-state index is 10.8. The molecule has 5 heteroatoms. The number of piperidine rings is 1. The average Bonchev–Trinajstić information content (AvgIpc) is 2.68. The Balaban J connectivity index is 1.95. The third-order valence-electron chi connectivity index (χ3n) is 4.21. The highest BCUT2D eigenvalue weighted by Gasteiger charge is 2.24. The lowest BCUT2D eigenvalue weighted by molar-refractivity contribution is -0.136. The number of aliphatic carboxylic acids is 1. The van der Waals surface area contributed by atoms with Crippen LogP contribution in [0.4, 0.5) is 0 Å². The number of likely N-dealkylation sites (tertiary alicyclic amines) is 1. The number of carboxylic acid groups (broad SMARTS) is 1. The summed E-state index contributed by atoms with van der Waals surface area (Å²) in [6.07, 6.45) is 4.93. The van der Waals surface area contributed by atoms with Crippen molar-refractivity contribution in [1.82, 2.24) is 9.88 Å². The topological polar surface area (TPSA) is 53.4 Å². The first-order valence-corrected chi connectivity index (χ1v) is 8.21. The SMILES string of the molecule is Cc1nc(CCN2C(C)CCCC2C)sc1CC(=O)O. The van der Waals surface area contributed by atoms with E-state index in [-0.39, 0.29) is 6.42 Å². The number of carboxylic acids is 1. The summed E-state index contributed by atoms with van der Waals surface area (Å²) in [6, 6.07) is 1.30. The van der Waals surface area contributed by atoms with Gasteiger partial charge in [0.1, 0.15) is 0 Å². The standard InChI is InChI=1S/C15H24N2O2S/c1-10-5-4-6-11(2)17(10)8-7-14-16-12(3)13(20-14)9-15(18)19/h10-11H,4-9H2,1-3H3,(H,18,19). The van der Waals surface area contributed by atoms with Crippen molar-refractivity contribution in [2.75, 3.05) is 6.54 Å². The summed E-state index contributed by atoms with van der Waals surface area (Å²) >= 11 is 1.56. The van der Waals surface area contributed by atoms with Crippen molar-refractivity contribution < 1.29 is 9.90 Å². The molecule has 112 valence electrons. The summed E-state index contributed by atoms with van der Waals surface area (Å²) < 4.78 is 0. The molecule has 2 rings (SSSR count). The summed E-state index contributed by atoms with van der Waals surface area (Å²) in [4.78, 5) is 18.8. The second-order valence-corrected chi connectivity index (χ2v) is 6.97. The van der Waals surface area contributed by atoms with Crippen molar-refractivity contribution >= 4 is 17.3 Å². The Kier molecular flexibility index (Phi) is 5.16. The fraction of sp³-hybridized carbons (Fsp3) is 0.733. The molecule has 2 heterocycles. The Labute approximate surface area is 124 Å². The van der Waals surface area contributed by atoms with E-state index in [1.54, 1.807) is 11.3 Å². The van der Waals surface area contributed by atoms with Crippen LogP contribution in [0.25, 0.3) is 0 Å². The van der Waals surface area contributed by atoms with E-state index in [1.807, 2.05) is 6.92 Å². The van der Waals surface area contributed by atoms with Crippen LogP contribution in [0.2, 0.25) is 0 Å². The molecule has 2 unspecified atom stereocenters. The Hall–Kier alpha value is -0.940. The van der Waals surface area contributed by atoms with E-state index in [0.29, 0.717) is 12.1 Å². The number of nitrogens with zero attached hydrogens (tertiary/aromatic N) is 2. The van der Waals surface area contributed by atoms with Crippen LogP contribution in [-0.2, 0) is 17.6 Å². The number of hydrogen-bond acceptors (Lipinski definition) is 4. The normalized spacial score (nSPS) is 23.9. The molecular weight excluding hydrogens is 272 g/mol. The molecule has 2 atom stereocenters. The van der Waals surface area contributed by atoms with E-state index < -0.39 is 5.97 Å². The molecule has 0 aromatic carbocycles. The smallest absolute Gasteiger partial charge is 0.308 e. The number of carbonyl (C=O) groups is 1. The fourth-order valence-corrected chi connectivity index (χ4v) is 4.09. The number of rotatable bonds is 5. The van der Waals surface area contributed by atoms with Gasteiger partial charge in [-0.25, -0.2) is 4.98 Å². The van der Waals surface area contributed by atoms with Crippen molar-refractivity contribution in [3.8, 4) is 0 Å². The molecule has 1 aromatic heterocycles. The van der Waals surface area contributed by atoms with Gasteiger partial charge in [0.2, 0.25) is 0 Å². The lowest BCUT2D eigenvalue weighted by Gasteiger charge is -2.38. The van der Waals surface area contributed by atoms with Gasteiger partial charge in [-0.2, -0.15) is 0 Å². The lowest BCUT2D eigenvalue weighted by Crippen LogP contribution is -2.44. The Morgan fingerprint density at radius 1 is 1.40 bits per heavy atom. The zero-order chi connectivity index (χ0) is 14.7. The summed E-state index contributed by atoms with van der Waals surface area (Å²) in [6.45, 7) is 7.55. The van der Waals surface area contributed by atoms with Gasteiger partial charge >= 0.3 is 5.97 Å². The van der Waals surface area contributed by atoms with Crippen LogP contribution in [0.3, 0.4) is 0 Å². The van der Waals surface area contributed by atoms with Gasteiger partial charge in [-0.05, 0) is 33.6 Å². The molecule has 0 spiro atoms. The Morgan fingerprint density at radius 3 is 2.65 bits per heavy atom. The Morgan fingerprint density at radius 2 is 2.05 bits per heavy atom. The van der Waals surface area contributed by atoms with Crippen molar-refractivity contribution in [2.45, 2.75) is 65.0 Å². The van der Waals surface area contributed by atoms with Crippen LogP contribution < -0.4 is 0 Å². The van der Waals surface area contributed by atoms with E-state index in [4.69, 9.17) is 5.11 Å². The number of aromatic nitrogens is 1. The fourth-order valence-electron chi connectivity index (χ4n) is 3.04. The summed E-state index contributed by atoms with van der Waals surface area (Å²) in [5.74, 6) is -0.776. The third kappa shape index (κ3) is 3.79. The molecular formula is C15H24N2O2S. The molecule has 1 aliphatic rings. The molecule has 1 aliphatic heterocycles. The number of hydrogen-bond donors (Lipinski definition) is 1. The Bertz CT molecular complexity index is 462. The van der Waals surface area contributed by atoms with Crippen LogP contribution in [0, 0.1) is 6.92 Å². The van der Waals surface area contributed by atoms with Gasteiger partial charge in [-0.3, -0.25) is 9.69 Å². The van der Waals surface area contributed by atoms with Crippen LogP contribution in [0.5, 0.6) is 0 Å². The highest BCUT2D eigenvalue weighted by molar-refractivity contribution is 7.11. The van der Waals surface area contributed by atoms with Crippen LogP contribution in [0.1, 0.15) is 48.7 Å². The molecule has 0 amide bonds. The molecule has 0 bridgehead atoms. The molecule has 0 radical (unpaired) electrons. The first-order valence-electron chi connectivity index (χ1n) is 7.40. The van der Waals surface area contributed by atoms with E-state index in [2.05, 4.69) is 23.7 Å². The van der Waals surface area contributed by atoms with Gasteiger partial charge in [0.15, 0.2) is 0 Å². The van der Waals surface area contributed by atoms with Crippen molar-refractivity contribution in [1.29, 1.82) is 0 Å². The minimum absolute atomic E-state index is 0.0972. The van der Waals surface area contributed by atoms with Gasteiger partial charge in [0.05, 0.1) is 17.1 Å². The van der Waals surface area contributed by atoms with Gasteiger partial charge in [-0.15, -0.1) is 11.3 Å². The lowest BCUT2D eigenvalue weighted by atomic mass is 9.97. The molecule has 1 fully saturated rings. The van der Waals surface area contributed by atoms with Gasteiger partial charge in [-0.1, -0.05) is 6.42 Å². The average molecular weight is 296 g/mol. The van der Waals surface area contributed by atoms with Crippen molar-refractivity contribution in [3.05, 3.63) is 15.6 Å². The largest absolute Gasteiger partial charge is 0.481 e. The third-order valence-corrected chi connectivity index (χ3v) is 5.43. The molecule has 1 saturated heterocycles. The van der Waals surface area contributed by atoms with Gasteiger partial charge < -0.3 is 5.11 Å². The van der Waals surface area contributed by atoms with E-state index in [1.165, 1.54) is 19.3 Å². The summed E-state index contributed by atoms with van der Waals surface area (Å²) in [5.41, 5.74) is 0.882. The first-order chi connectivity index (χ1) is 9.47. The highest BCUT2D eigenvalue weighted by Crippen LogP contribution is 2.24. The van der Waals surface area contributed by atoms with Gasteiger partial charge in [0, 0.05) is 29.9 Å². The predicted octanol–water partition coefficient (Wildman–Crippen LogP) is 2.88. The molecule has 1 N–H and O–H groups in total. The van der Waals surface area contributed by atoms with Crippen LogP contribution in [-0.4, -0.2) is 39.6 Å². The second-order valence-electron chi connectivity index (χ2n) is 5.80. The first kappa shape index (κ1) is 15.4. The van der Waals surface area contributed by atoms with E-state index >= 15 is 0 Å². The monoisotopic (exact) mass is 296 g/mol. The minimum atomic E-state index is -0.776. The molecule has 0 saturated carbocycles. The van der Waals surface area contributed by atoms with Crippen LogP contribution >= 0.6 is 11.3 Å². The zero-order valence-electron chi connectivity index (χ0n) is 12.6. The van der Waals surface area contributed by atoms with Crippen LogP contribution in [0.15, 0.2) is 0 Å². The number of aryl methyl sites for hydroxylation is 1. The minimum Gasteiger partial charge on any atom is -0.481 e. The predicted molar refractivity (Wildman–Crippen MR) is 81.4 cm³/mol. The van der Waals surface area contributed by atoms with E-state index in [9.17, 15) is 4.79 Å². The highest BCUT2D eigenvalue weighted by atomic mass is 32.1. The summed E-state index contributed by atoms with van der Waals surface area (Å²) in [7, 11) is 0. The van der Waals surface area contributed by atoms with Crippen molar-refractivity contribution in [3.63, 3.8) is 0 Å². The van der Waals surface area contributed by atoms with E-state index in [0.717, 1.165) is 28.5 Å². The molecule has 20 heavy (non-hydrogen) atoms. The van der Waals surface area contributed by atoms with Gasteiger partial charge in [0.25, 0.3) is 0 Å². The zero-order valence-corrected chi connectivity index (χ0v) is 13.4.